The maximum absolute atomic E-state index is 12.5. The number of ketones is 1. The lowest BCUT2D eigenvalue weighted by Crippen LogP contribution is -2.48. The standard InChI is InChI=1S/C14H15Cl2NO2/c1-7(2)14(3)12(18)11(13(19)17-14)9-5-4-8(15)6-10(9)16/h4-7,11H,1-3H3,(H,17,19). The lowest BCUT2D eigenvalue weighted by molar-refractivity contribution is -0.125. The molecule has 0 radical (unpaired) electrons. The number of nitrogens with one attached hydrogen (secondary N) is 1. The van der Waals surface area contributed by atoms with Gasteiger partial charge >= 0.3 is 0 Å². The van der Waals surface area contributed by atoms with E-state index in [2.05, 4.69) is 5.32 Å². The zero-order chi connectivity index (χ0) is 14.4. The zero-order valence-electron chi connectivity index (χ0n) is 11.0. The molecule has 0 aromatic heterocycles. The average molecular weight is 300 g/mol. The van der Waals surface area contributed by atoms with Crippen LogP contribution in [0, 0.1) is 5.92 Å². The van der Waals surface area contributed by atoms with E-state index >= 15 is 0 Å². The Kier molecular flexibility index (Phi) is 3.63. The van der Waals surface area contributed by atoms with Crippen LogP contribution in [0.1, 0.15) is 32.3 Å². The second kappa shape index (κ2) is 4.80. The molecule has 1 fully saturated rings. The Labute approximate surface area is 122 Å². The Morgan fingerprint density at radius 2 is 1.89 bits per heavy atom. The summed E-state index contributed by atoms with van der Waals surface area (Å²) in [6.45, 7) is 5.57. The highest BCUT2D eigenvalue weighted by atomic mass is 35.5. The number of benzene rings is 1. The summed E-state index contributed by atoms with van der Waals surface area (Å²) in [4.78, 5) is 24.7. The van der Waals surface area contributed by atoms with Gasteiger partial charge in [-0.25, -0.2) is 0 Å². The topological polar surface area (TPSA) is 46.2 Å². The number of Topliss-reactive ketones (excluding diaryl/α,β-unsaturated/α-hetero) is 1. The van der Waals surface area contributed by atoms with Crippen LogP contribution in [0.4, 0.5) is 0 Å². The third-order valence-corrected chi connectivity index (χ3v) is 4.41. The van der Waals surface area contributed by atoms with Crippen molar-refractivity contribution in [1.82, 2.24) is 5.32 Å². The Hall–Kier alpha value is -1.06. The van der Waals surface area contributed by atoms with Gasteiger partial charge in [0.2, 0.25) is 5.91 Å². The molecule has 2 rings (SSSR count). The van der Waals surface area contributed by atoms with Gasteiger partial charge in [-0.1, -0.05) is 43.1 Å². The van der Waals surface area contributed by atoms with E-state index in [1.54, 1.807) is 25.1 Å². The SMILES string of the molecule is CC(C)C1(C)NC(=O)C(c2ccc(Cl)cc2Cl)C1=O. The lowest BCUT2D eigenvalue weighted by Gasteiger charge is -2.26. The molecule has 1 aromatic carbocycles. The van der Waals surface area contributed by atoms with Crippen LogP contribution in [0.15, 0.2) is 18.2 Å². The minimum atomic E-state index is -0.850. The third-order valence-electron chi connectivity index (χ3n) is 3.85. The Balaban J connectivity index is 2.46. The molecule has 102 valence electrons. The molecule has 1 aliphatic rings. The molecule has 0 saturated carbocycles. The van der Waals surface area contributed by atoms with Crippen molar-refractivity contribution in [1.29, 1.82) is 0 Å². The molecule has 2 atom stereocenters. The van der Waals surface area contributed by atoms with Crippen molar-refractivity contribution < 1.29 is 9.59 Å². The van der Waals surface area contributed by atoms with Crippen LogP contribution in [-0.4, -0.2) is 17.2 Å². The van der Waals surface area contributed by atoms with E-state index in [4.69, 9.17) is 23.2 Å². The summed E-state index contributed by atoms with van der Waals surface area (Å²) in [6.07, 6.45) is 0. The van der Waals surface area contributed by atoms with Crippen molar-refractivity contribution in [3.05, 3.63) is 33.8 Å². The summed E-state index contributed by atoms with van der Waals surface area (Å²) < 4.78 is 0. The Morgan fingerprint density at radius 1 is 1.26 bits per heavy atom. The Morgan fingerprint density at radius 3 is 2.37 bits per heavy atom. The van der Waals surface area contributed by atoms with Gasteiger partial charge in [0.1, 0.15) is 5.92 Å². The molecule has 1 N–H and O–H groups in total. The molecule has 0 spiro atoms. The summed E-state index contributed by atoms with van der Waals surface area (Å²) in [6, 6.07) is 4.82. The number of halogens is 2. The van der Waals surface area contributed by atoms with E-state index in [1.807, 2.05) is 13.8 Å². The summed E-state index contributed by atoms with van der Waals surface area (Å²) in [5, 5.41) is 3.61. The van der Waals surface area contributed by atoms with Gasteiger partial charge in [0.15, 0.2) is 5.78 Å². The fourth-order valence-electron chi connectivity index (χ4n) is 2.26. The predicted octanol–water partition coefficient (Wildman–Crippen LogP) is 3.19. The van der Waals surface area contributed by atoms with Crippen molar-refractivity contribution in [2.75, 3.05) is 0 Å². The molecule has 2 unspecified atom stereocenters. The van der Waals surface area contributed by atoms with Gasteiger partial charge in [0.25, 0.3) is 0 Å². The van der Waals surface area contributed by atoms with E-state index in [1.165, 1.54) is 0 Å². The first-order chi connectivity index (χ1) is 8.77. The molecule has 1 amide bonds. The second-order valence-corrected chi connectivity index (χ2v) is 6.15. The number of amides is 1. The number of hydrogen-bond acceptors (Lipinski definition) is 2. The van der Waals surface area contributed by atoms with Gasteiger partial charge in [-0.2, -0.15) is 0 Å². The average Bonchev–Trinajstić information content (AvgIpc) is 2.53. The van der Waals surface area contributed by atoms with E-state index < -0.39 is 11.5 Å². The summed E-state index contributed by atoms with van der Waals surface area (Å²) in [5.41, 5.74) is -0.331. The number of hydrogen-bond donors (Lipinski definition) is 1. The molecule has 19 heavy (non-hydrogen) atoms. The molecular weight excluding hydrogens is 285 g/mol. The van der Waals surface area contributed by atoms with Gasteiger partial charge in [-0.05, 0) is 30.5 Å². The minimum absolute atomic E-state index is 0.0139. The highest BCUT2D eigenvalue weighted by Crippen LogP contribution is 2.37. The van der Waals surface area contributed by atoms with Crippen LogP contribution in [-0.2, 0) is 9.59 Å². The first-order valence-corrected chi connectivity index (χ1v) is 6.84. The summed E-state index contributed by atoms with van der Waals surface area (Å²) in [7, 11) is 0. The van der Waals surface area contributed by atoms with Crippen molar-refractivity contribution in [2.24, 2.45) is 5.92 Å². The highest BCUT2D eigenvalue weighted by molar-refractivity contribution is 6.36. The molecule has 3 nitrogen and oxygen atoms in total. The van der Waals surface area contributed by atoms with Gasteiger partial charge in [-0.3, -0.25) is 9.59 Å². The number of carbonyl (C=O) groups is 2. The molecule has 1 saturated heterocycles. The van der Waals surface area contributed by atoms with E-state index in [0.717, 1.165) is 0 Å². The molecule has 0 bridgehead atoms. The highest BCUT2D eigenvalue weighted by Gasteiger charge is 2.52. The van der Waals surface area contributed by atoms with E-state index in [0.29, 0.717) is 15.6 Å². The monoisotopic (exact) mass is 299 g/mol. The van der Waals surface area contributed by atoms with E-state index in [9.17, 15) is 9.59 Å². The second-order valence-electron chi connectivity index (χ2n) is 5.31. The fraction of sp³-hybridized carbons (Fsp3) is 0.429. The predicted molar refractivity (Wildman–Crippen MR) is 75.6 cm³/mol. The summed E-state index contributed by atoms with van der Waals surface area (Å²) in [5.74, 6) is -1.28. The normalized spacial score (nSPS) is 26.9. The van der Waals surface area contributed by atoms with Crippen molar-refractivity contribution in [2.45, 2.75) is 32.2 Å². The number of rotatable bonds is 2. The van der Waals surface area contributed by atoms with Gasteiger partial charge < -0.3 is 5.32 Å². The van der Waals surface area contributed by atoms with Crippen molar-refractivity contribution in [3.8, 4) is 0 Å². The lowest BCUT2D eigenvalue weighted by atomic mass is 9.81. The van der Waals surface area contributed by atoms with Gasteiger partial charge in [0, 0.05) is 10.0 Å². The van der Waals surface area contributed by atoms with Gasteiger partial charge in [-0.15, -0.1) is 0 Å². The Bertz CT molecular complexity index is 556. The summed E-state index contributed by atoms with van der Waals surface area (Å²) >= 11 is 11.9. The maximum atomic E-state index is 12.5. The third kappa shape index (κ3) is 2.26. The molecule has 1 aromatic rings. The minimum Gasteiger partial charge on any atom is -0.343 e. The van der Waals surface area contributed by atoms with E-state index in [-0.39, 0.29) is 17.6 Å². The molecular formula is C14H15Cl2NO2. The van der Waals surface area contributed by atoms with Crippen LogP contribution in [0.25, 0.3) is 0 Å². The number of carbonyl (C=O) groups excluding carboxylic acids is 2. The smallest absolute Gasteiger partial charge is 0.236 e. The quantitative estimate of drug-likeness (QED) is 0.853. The molecule has 1 aliphatic heterocycles. The van der Waals surface area contributed by atoms with Crippen LogP contribution in [0.2, 0.25) is 10.0 Å². The molecule has 1 heterocycles. The van der Waals surface area contributed by atoms with Crippen LogP contribution >= 0.6 is 23.2 Å². The fourth-order valence-corrected chi connectivity index (χ4v) is 2.77. The zero-order valence-corrected chi connectivity index (χ0v) is 12.5. The maximum Gasteiger partial charge on any atom is 0.236 e. The largest absolute Gasteiger partial charge is 0.343 e. The van der Waals surface area contributed by atoms with Crippen molar-refractivity contribution >= 4 is 34.9 Å². The van der Waals surface area contributed by atoms with Crippen molar-refractivity contribution in [3.63, 3.8) is 0 Å². The van der Waals surface area contributed by atoms with Crippen LogP contribution in [0.3, 0.4) is 0 Å². The van der Waals surface area contributed by atoms with Crippen LogP contribution < -0.4 is 5.32 Å². The molecule has 5 heteroatoms. The first kappa shape index (κ1) is 14.4. The van der Waals surface area contributed by atoms with Crippen LogP contribution in [0.5, 0.6) is 0 Å². The first-order valence-electron chi connectivity index (χ1n) is 6.08. The molecule has 0 aliphatic carbocycles. The van der Waals surface area contributed by atoms with Gasteiger partial charge in [0.05, 0.1) is 5.54 Å².